The van der Waals surface area contributed by atoms with Crippen molar-refractivity contribution in [1.29, 1.82) is 0 Å². The maximum absolute atomic E-state index is 13.3. The molecule has 1 aliphatic carbocycles. The average Bonchev–Trinajstić information content (AvgIpc) is 3.13. The SMILES string of the molecule is Fc1cccc(-c2noc(-c3ccc(NC4CCCCC4)nc3)n2)c1. The van der Waals surface area contributed by atoms with E-state index in [9.17, 15) is 4.39 Å². The first kappa shape index (κ1) is 15.7. The van der Waals surface area contributed by atoms with Crippen molar-refractivity contribution in [2.24, 2.45) is 0 Å². The van der Waals surface area contributed by atoms with E-state index in [1.807, 2.05) is 12.1 Å². The van der Waals surface area contributed by atoms with E-state index in [0.29, 0.717) is 23.3 Å². The van der Waals surface area contributed by atoms with Crippen LogP contribution in [-0.4, -0.2) is 21.2 Å². The van der Waals surface area contributed by atoms with Gasteiger partial charge in [-0.25, -0.2) is 9.37 Å². The summed E-state index contributed by atoms with van der Waals surface area (Å²) < 4.78 is 18.6. The molecule has 0 unspecified atom stereocenters. The summed E-state index contributed by atoms with van der Waals surface area (Å²) in [5.74, 6) is 1.26. The summed E-state index contributed by atoms with van der Waals surface area (Å²) in [6.45, 7) is 0. The molecular formula is C19H19FN4O. The normalized spacial score (nSPS) is 15.2. The third-order valence-corrected chi connectivity index (χ3v) is 4.48. The van der Waals surface area contributed by atoms with E-state index in [0.717, 1.165) is 11.4 Å². The first-order valence-corrected chi connectivity index (χ1v) is 8.60. The monoisotopic (exact) mass is 338 g/mol. The van der Waals surface area contributed by atoms with Gasteiger partial charge in [0.05, 0.1) is 5.56 Å². The number of rotatable bonds is 4. The second-order valence-corrected chi connectivity index (χ2v) is 6.34. The standard InChI is InChI=1S/C19H19FN4O/c20-15-6-4-5-13(11-15)18-23-19(25-24-18)14-9-10-17(21-12-14)22-16-7-2-1-3-8-16/h4-6,9-12,16H,1-3,7-8H2,(H,21,22). The van der Waals surface area contributed by atoms with Crippen LogP contribution in [0.3, 0.4) is 0 Å². The van der Waals surface area contributed by atoms with Crippen LogP contribution < -0.4 is 5.32 Å². The van der Waals surface area contributed by atoms with E-state index in [1.165, 1.54) is 44.2 Å². The van der Waals surface area contributed by atoms with Crippen LogP contribution in [-0.2, 0) is 0 Å². The first-order valence-electron chi connectivity index (χ1n) is 8.60. The lowest BCUT2D eigenvalue weighted by Gasteiger charge is -2.23. The molecule has 2 aromatic heterocycles. The highest BCUT2D eigenvalue weighted by atomic mass is 19.1. The van der Waals surface area contributed by atoms with Crippen LogP contribution in [0.4, 0.5) is 10.2 Å². The highest BCUT2D eigenvalue weighted by Crippen LogP contribution is 2.24. The molecular weight excluding hydrogens is 319 g/mol. The summed E-state index contributed by atoms with van der Waals surface area (Å²) in [7, 11) is 0. The lowest BCUT2D eigenvalue weighted by Crippen LogP contribution is -2.22. The highest BCUT2D eigenvalue weighted by Gasteiger charge is 2.14. The quantitative estimate of drug-likeness (QED) is 0.748. The zero-order valence-corrected chi connectivity index (χ0v) is 13.8. The van der Waals surface area contributed by atoms with Crippen LogP contribution in [0.15, 0.2) is 47.1 Å². The predicted octanol–water partition coefficient (Wildman–Crippen LogP) is 4.68. The van der Waals surface area contributed by atoms with E-state index in [1.54, 1.807) is 18.3 Å². The molecule has 0 radical (unpaired) electrons. The van der Waals surface area contributed by atoms with Crippen molar-refractivity contribution in [2.75, 3.05) is 5.32 Å². The Morgan fingerprint density at radius 3 is 2.68 bits per heavy atom. The molecule has 3 aromatic rings. The Morgan fingerprint density at radius 2 is 1.92 bits per heavy atom. The van der Waals surface area contributed by atoms with Crippen molar-refractivity contribution in [3.8, 4) is 22.8 Å². The Balaban J connectivity index is 1.48. The van der Waals surface area contributed by atoms with Gasteiger partial charge in [0.2, 0.25) is 5.82 Å². The number of nitrogens with zero attached hydrogens (tertiary/aromatic N) is 3. The molecule has 1 aromatic carbocycles. The summed E-state index contributed by atoms with van der Waals surface area (Å²) in [6, 6.07) is 10.5. The van der Waals surface area contributed by atoms with Gasteiger partial charge in [-0.3, -0.25) is 0 Å². The third-order valence-electron chi connectivity index (χ3n) is 4.48. The fraction of sp³-hybridized carbons (Fsp3) is 0.316. The number of anilines is 1. The van der Waals surface area contributed by atoms with Gasteiger partial charge < -0.3 is 9.84 Å². The number of hydrogen-bond donors (Lipinski definition) is 1. The number of hydrogen-bond acceptors (Lipinski definition) is 5. The maximum Gasteiger partial charge on any atom is 0.259 e. The Labute approximate surface area is 145 Å². The number of benzene rings is 1. The minimum Gasteiger partial charge on any atom is -0.367 e. The largest absolute Gasteiger partial charge is 0.367 e. The molecule has 2 heterocycles. The van der Waals surface area contributed by atoms with Crippen LogP contribution in [0, 0.1) is 5.82 Å². The fourth-order valence-corrected chi connectivity index (χ4v) is 3.15. The molecule has 0 bridgehead atoms. The molecule has 25 heavy (non-hydrogen) atoms. The summed E-state index contributed by atoms with van der Waals surface area (Å²) in [6.07, 6.45) is 8.00. The van der Waals surface area contributed by atoms with Gasteiger partial charge in [-0.15, -0.1) is 0 Å². The van der Waals surface area contributed by atoms with E-state index in [2.05, 4.69) is 20.4 Å². The molecule has 1 saturated carbocycles. The van der Waals surface area contributed by atoms with Gasteiger partial charge in [0.15, 0.2) is 0 Å². The summed E-state index contributed by atoms with van der Waals surface area (Å²) in [4.78, 5) is 8.78. The van der Waals surface area contributed by atoms with Crippen LogP contribution in [0.25, 0.3) is 22.8 Å². The lowest BCUT2D eigenvalue weighted by atomic mass is 9.95. The fourth-order valence-electron chi connectivity index (χ4n) is 3.15. The molecule has 4 rings (SSSR count). The summed E-state index contributed by atoms with van der Waals surface area (Å²) in [5.41, 5.74) is 1.32. The minimum atomic E-state index is -0.330. The second-order valence-electron chi connectivity index (χ2n) is 6.34. The number of halogens is 1. The van der Waals surface area contributed by atoms with Crippen molar-refractivity contribution < 1.29 is 8.91 Å². The van der Waals surface area contributed by atoms with Gasteiger partial charge in [0, 0.05) is 17.8 Å². The Kier molecular flexibility index (Phi) is 4.41. The van der Waals surface area contributed by atoms with Crippen LogP contribution >= 0.6 is 0 Å². The molecule has 6 heteroatoms. The van der Waals surface area contributed by atoms with Crippen molar-refractivity contribution in [1.82, 2.24) is 15.1 Å². The van der Waals surface area contributed by atoms with Crippen LogP contribution in [0.2, 0.25) is 0 Å². The molecule has 128 valence electrons. The zero-order chi connectivity index (χ0) is 17.1. The van der Waals surface area contributed by atoms with E-state index in [-0.39, 0.29) is 5.82 Å². The molecule has 1 aliphatic rings. The first-order chi connectivity index (χ1) is 12.3. The van der Waals surface area contributed by atoms with Crippen molar-refractivity contribution in [2.45, 2.75) is 38.1 Å². The van der Waals surface area contributed by atoms with Crippen molar-refractivity contribution in [3.05, 3.63) is 48.4 Å². The molecule has 0 amide bonds. The molecule has 0 saturated heterocycles. The predicted molar refractivity (Wildman–Crippen MR) is 93.4 cm³/mol. The van der Waals surface area contributed by atoms with Crippen molar-refractivity contribution in [3.63, 3.8) is 0 Å². The molecule has 0 spiro atoms. The van der Waals surface area contributed by atoms with Crippen LogP contribution in [0.5, 0.6) is 0 Å². The van der Waals surface area contributed by atoms with Gasteiger partial charge in [0.25, 0.3) is 5.89 Å². The van der Waals surface area contributed by atoms with Crippen LogP contribution in [0.1, 0.15) is 32.1 Å². The average molecular weight is 338 g/mol. The lowest BCUT2D eigenvalue weighted by molar-refractivity contribution is 0.432. The van der Waals surface area contributed by atoms with Gasteiger partial charge in [-0.1, -0.05) is 36.6 Å². The molecule has 0 aliphatic heterocycles. The number of nitrogens with one attached hydrogen (secondary N) is 1. The minimum absolute atomic E-state index is 0.330. The molecule has 0 atom stereocenters. The number of aromatic nitrogens is 3. The third kappa shape index (κ3) is 3.68. The molecule has 5 nitrogen and oxygen atoms in total. The summed E-state index contributed by atoms with van der Waals surface area (Å²) in [5, 5.41) is 7.40. The van der Waals surface area contributed by atoms with E-state index >= 15 is 0 Å². The summed E-state index contributed by atoms with van der Waals surface area (Å²) >= 11 is 0. The van der Waals surface area contributed by atoms with Crippen molar-refractivity contribution >= 4 is 5.82 Å². The second kappa shape index (κ2) is 7.01. The maximum atomic E-state index is 13.3. The Hall–Kier alpha value is -2.76. The van der Waals surface area contributed by atoms with Gasteiger partial charge >= 0.3 is 0 Å². The Morgan fingerprint density at radius 1 is 1.04 bits per heavy atom. The van der Waals surface area contributed by atoms with E-state index < -0.39 is 0 Å². The highest BCUT2D eigenvalue weighted by molar-refractivity contribution is 5.60. The van der Waals surface area contributed by atoms with Gasteiger partial charge in [-0.05, 0) is 37.1 Å². The zero-order valence-electron chi connectivity index (χ0n) is 13.8. The number of pyridine rings is 1. The molecule has 1 fully saturated rings. The Bertz CT molecular complexity index is 841. The smallest absolute Gasteiger partial charge is 0.259 e. The topological polar surface area (TPSA) is 63.8 Å². The van der Waals surface area contributed by atoms with Gasteiger partial charge in [-0.2, -0.15) is 4.98 Å². The molecule has 1 N–H and O–H groups in total. The van der Waals surface area contributed by atoms with E-state index in [4.69, 9.17) is 4.52 Å². The van der Waals surface area contributed by atoms with Gasteiger partial charge in [0.1, 0.15) is 11.6 Å².